The zero-order chi connectivity index (χ0) is 39.8. The van der Waals surface area contributed by atoms with Gasteiger partial charge in [0.05, 0.1) is 18.9 Å². The number of anilines is 1. The van der Waals surface area contributed by atoms with Gasteiger partial charge in [-0.3, -0.25) is 33.9 Å². The van der Waals surface area contributed by atoms with Gasteiger partial charge in [0.1, 0.15) is 19.3 Å². The van der Waals surface area contributed by atoms with Gasteiger partial charge in [-0.1, -0.05) is 55.8 Å². The van der Waals surface area contributed by atoms with E-state index in [0.717, 1.165) is 46.7 Å². The minimum atomic E-state index is -0.644. The summed E-state index contributed by atoms with van der Waals surface area (Å²) in [5, 5.41) is 16.5. The third-order valence-corrected chi connectivity index (χ3v) is 13.2. The van der Waals surface area contributed by atoms with Crippen molar-refractivity contribution < 1.29 is 38.6 Å². The summed E-state index contributed by atoms with van der Waals surface area (Å²) in [5.74, 6) is -1.40. The number of carbonyl (C=O) groups excluding carboxylic acids is 5. The molecule has 8 atom stereocenters. The average Bonchev–Trinajstić information content (AvgIpc) is 3.52. The lowest BCUT2D eigenvalue weighted by Crippen LogP contribution is -2.56. The fraction of sp³-hybridized carbons (Fsp3) is 0.467. The number of ketones is 2. The van der Waals surface area contributed by atoms with Gasteiger partial charge in [0.15, 0.2) is 11.6 Å². The van der Waals surface area contributed by atoms with Crippen LogP contribution in [0.1, 0.15) is 76.0 Å². The molecule has 0 aliphatic heterocycles. The minimum Gasteiger partial charge on any atom is -0.461 e. The van der Waals surface area contributed by atoms with E-state index >= 15 is 0 Å². The number of Topliss-reactive ketones (excluding diaryl/α,β-unsaturated/α-hetero) is 1. The Hall–Kier alpha value is -5.00. The Morgan fingerprint density at radius 3 is 2.46 bits per heavy atom. The highest BCUT2D eigenvalue weighted by Gasteiger charge is 2.62. The van der Waals surface area contributed by atoms with Crippen LogP contribution in [-0.4, -0.2) is 71.2 Å². The number of hydrogen-bond acceptors (Lipinski definition) is 10. The third-order valence-electron chi connectivity index (χ3n) is 13.2. The normalized spacial score (nSPS) is 28.4. The van der Waals surface area contributed by atoms with Gasteiger partial charge in [0, 0.05) is 40.7 Å². The molecule has 2 N–H and O–H groups in total. The van der Waals surface area contributed by atoms with E-state index in [2.05, 4.69) is 24.1 Å². The van der Waals surface area contributed by atoms with Crippen LogP contribution in [0.5, 0.6) is 0 Å². The number of benzene rings is 2. The van der Waals surface area contributed by atoms with E-state index in [0.29, 0.717) is 18.5 Å². The van der Waals surface area contributed by atoms with Crippen LogP contribution in [-0.2, 0) is 40.1 Å². The number of rotatable bonds is 12. The van der Waals surface area contributed by atoms with Gasteiger partial charge in [-0.25, -0.2) is 0 Å². The van der Waals surface area contributed by atoms with Gasteiger partial charge < -0.3 is 19.9 Å². The molecule has 0 radical (unpaired) electrons. The van der Waals surface area contributed by atoms with E-state index in [1.807, 2.05) is 61.5 Å². The lowest BCUT2D eigenvalue weighted by atomic mass is 9.46. The van der Waals surface area contributed by atoms with Crippen LogP contribution in [0.25, 0.3) is 10.8 Å². The summed E-state index contributed by atoms with van der Waals surface area (Å²) in [5.41, 5.74) is 2.50. The van der Waals surface area contributed by atoms with E-state index in [1.54, 1.807) is 36.7 Å². The number of amides is 1. The van der Waals surface area contributed by atoms with Crippen LogP contribution in [0.4, 0.5) is 5.69 Å². The highest BCUT2D eigenvalue weighted by Crippen LogP contribution is 2.66. The molecule has 0 saturated heterocycles. The molecule has 3 unspecified atom stereocenters. The summed E-state index contributed by atoms with van der Waals surface area (Å²) < 4.78 is 10.8. The Bertz CT molecular complexity index is 2090. The number of aromatic nitrogens is 1. The molecule has 11 nitrogen and oxygen atoms in total. The zero-order valence-electron chi connectivity index (χ0n) is 32.5. The van der Waals surface area contributed by atoms with E-state index in [-0.39, 0.29) is 72.6 Å². The molecule has 3 aromatic rings. The molecule has 294 valence electrons. The molecule has 2 aromatic carbocycles. The number of likely N-dealkylation sites (N-methyl/N-ethyl adjacent to an activating group) is 1. The maximum absolute atomic E-state index is 13.5. The summed E-state index contributed by atoms with van der Waals surface area (Å²) in [6.45, 7) is 3.87. The minimum absolute atomic E-state index is 0.000955. The molecule has 0 spiro atoms. The van der Waals surface area contributed by atoms with Crippen LogP contribution in [0.2, 0.25) is 0 Å². The largest absolute Gasteiger partial charge is 0.461 e. The molecule has 1 heterocycles. The molecular formula is C45H51N3O8. The summed E-state index contributed by atoms with van der Waals surface area (Å²) in [6, 6.07) is 14.2. The standard InChI is InChI=1S/C45H51N3O8/c1-44-19-17-33(49)22-31(44)10-12-34-35-13-14-36(45(35,2)23-37(50)41(34)44)38(51)26-56-40(53)16-15-39(52)55-25-27-5-7-28(8-6-27)42(48(3)4)43(54)47-32-11-9-30-24-46-20-18-29(30)21-32/h5-9,11,17-22,24,34-37,41-42,50H,10,12-16,23,25-26H2,1-4H3,(H,47,54)/t34-,35-,36?,37-,41+,42+,44?,45?/m0/s1. The average molecular weight is 762 g/mol. The second-order valence-electron chi connectivity index (χ2n) is 16.8. The van der Waals surface area contributed by atoms with Crippen molar-refractivity contribution in [2.75, 3.05) is 26.0 Å². The van der Waals surface area contributed by atoms with E-state index < -0.39 is 29.5 Å². The number of aliphatic hydroxyl groups excluding tert-OH is 1. The molecule has 56 heavy (non-hydrogen) atoms. The van der Waals surface area contributed by atoms with Gasteiger partial charge in [0.2, 0.25) is 5.91 Å². The van der Waals surface area contributed by atoms with Crippen molar-refractivity contribution in [2.45, 2.75) is 77.5 Å². The highest BCUT2D eigenvalue weighted by molar-refractivity contribution is 6.01. The van der Waals surface area contributed by atoms with Crippen molar-refractivity contribution in [3.63, 3.8) is 0 Å². The SMILES string of the molecule is CN(C)[C@@H](C(=O)Nc1ccc2cnccc2c1)c1ccc(COC(=O)CCC(=O)OCC(=O)C2CC[C@H]3[C@@H]4CCC5=CC(=O)C=CC5(C)[C@H]4[C@@H](O)CC23C)cc1. The summed E-state index contributed by atoms with van der Waals surface area (Å²) in [4.78, 5) is 70.1. The van der Waals surface area contributed by atoms with E-state index in [1.165, 1.54) is 0 Å². The van der Waals surface area contributed by atoms with Crippen molar-refractivity contribution in [2.24, 2.45) is 34.5 Å². The summed E-state index contributed by atoms with van der Waals surface area (Å²) in [7, 11) is 3.66. The first-order valence-electron chi connectivity index (χ1n) is 19.6. The predicted molar refractivity (Wildman–Crippen MR) is 210 cm³/mol. The lowest BCUT2D eigenvalue weighted by Gasteiger charge is -2.58. The molecule has 4 aliphatic rings. The quantitative estimate of drug-likeness (QED) is 0.201. The van der Waals surface area contributed by atoms with Gasteiger partial charge in [-0.05, 0) is 110 Å². The highest BCUT2D eigenvalue weighted by atomic mass is 16.5. The Morgan fingerprint density at radius 2 is 1.71 bits per heavy atom. The van der Waals surface area contributed by atoms with Gasteiger partial charge in [0.25, 0.3) is 0 Å². The molecule has 0 bridgehead atoms. The molecule has 11 heteroatoms. The number of pyridine rings is 1. The summed E-state index contributed by atoms with van der Waals surface area (Å²) in [6.07, 6.45) is 11.5. The maximum atomic E-state index is 13.5. The zero-order valence-corrected chi connectivity index (χ0v) is 32.5. The van der Waals surface area contributed by atoms with Crippen LogP contribution in [0.3, 0.4) is 0 Å². The number of hydrogen-bond donors (Lipinski definition) is 2. The smallest absolute Gasteiger partial charge is 0.306 e. The Balaban J connectivity index is 0.858. The summed E-state index contributed by atoms with van der Waals surface area (Å²) >= 11 is 0. The number of nitrogens with zero attached hydrogens (tertiary/aromatic N) is 2. The van der Waals surface area contributed by atoms with Crippen LogP contribution < -0.4 is 5.32 Å². The number of aliphatic hydroxyl groups is 1. The van der Waals surface area contributed by atoms with Crippen molar-refractivity contribution in [3.8, 4) is 0 Å². The Morgan fingerprint density at radius 1 is 0.964 bits per heavy atom. The Kier molecular flexibility index (Phi) is 11.1. The molecule has 4 aliphatic carbocycles. The molecule has 1 aromatic heterocycles. The maximum Gasteiger partial charge on any atom is 0.306 e. The fourth-order valence-corrected chi connectivity index (χ4v) is 10.5. The second kappa shape index (κ2) is 15.9. The number of ether oxygens (including phenoxy) is 2. The number of allylic oxidation sites excluding steroid dienone is 4. The van der Waals surface area contributed by atoms with Gasteiger partial charge in [-0.15, -0.1) is 0 Å². The lowest BCUT2D eigenvalue weighted by molar-refractivity contribution is -0.155. The van der Waals surface area contributed by atoms with Gasteiger partial charge in [-0.2, -0.15) is 0 Å². The van der Waals surface area contributed by atoms with E-state index in [4.69, 9.17) is 9.47 Å². The second-order valence-corrected chi connectivity index (χ2v) is 16.8. The number of nitrogens with one attached hydrogen (secondary N) is 1. The van der Waals surface area contributed by atoms with Crippen molar-refractivity contribution in [1.29, 1.82) is 0 Å². The predicted octanol–water partition coefficient (Wildman–Crippen LogP) is 6.31. The van der Waals surface area contributed by atoms with Crippen LogP contribution in [0, 0.1) is 34.5 Å². The first-order valence-corrected chi connectivity index (χ1v) is 19.6. The molecular weight excluding hydrogens is 711 g/mol. The van der Waals surface area contributed by atoms with Crippen molar-refractivity contribution in [3.05, 3.63) is 95.9 Å². The van der Waals surface area contributed by atoms with Crippen molar-refractivity contribution >= 4 is 45.9 Å². The number of fused-ring (bicyclic) bond motifs is 6. The number of esters is 2. The molecule has 3 saturated carbocycles. The monoisotopic (exact) mass is 761 g/mol. The van der Waals surface area contributed by atoms with Crippen LogP contribution >= 0.6 is 0 Å². The first-order chi connectivity index (χ1) is 26.8. The topological polar surface area (TPSA) is 152 Å². The molecule has 7 rings (SSSR count). The number of carbonyl (C=O) groups is 5. The third kappa shape index (κ3) is 7.71. The van der Waals surface area contributed by atoms with Crippen LogP contribution in [0.15, 0.2) is 84.7 Å². The van der Waals surface area contributed by atoms with E-state index in [9.17, 15) is 29.1 Å². The van der Waals surface area contributed by atoms with Gasteiger partial charge >= 0.3 is 11.9 Å². The molecule has 3 fully saturated rings. The first kappa shape index (κ1) is 39.2. The fourth-order valence-electron chi connectivity index (χ4n) is 10.5. The molecule has 1 amide bonds. The van der Waals surface area contributed by atoms with Crippen molar-refractivity contribution in [1.82, 2.24) is 9.88 Å². The Labute approximate surface area is 327 Å².